The third kappa shape index (κ3) is 7.16. The highest BCUT2D eigenvalue weighted by atomic mass is 127. The molecule has 2 rings (SSSR count). The van der Waals surface area contributed by atoms with E-state index in [9.17, 15) is 9.59 Å². The number of hydrogen-bond donors (Lipinski definition) is 2. The van der Waals surface area contributed by atoms with Crippen LogP contribution in [0.5, 0.6) is 0 Å². The summed E-state index contributed by atoms with van der Waals surface area (Å²) in [5.41, 5.74) is 0. The smallest absolute Gasteiger partial charge is 0.409 e. The Morgan fingerprint density at radius 1 is 1.23 bits per heavy atom. The van der Waals surface area contributed by atoms with Crippen molar-refractivity contribution in [2.45, 2.75) is 45.2 Å². The first-order valence-electron chi connectivity index (χ1n) is 9.10. The Balaban J connectivity index is 0.00000338. The van der Waals surface area contributed by atoms with Gasteiger partial charge >= 0.3 is 6.09 Å². The Morgan fingerprint density at radius 3 is 2.35 bits per heavy atom. The maximum atomic E-state index is 11.8. The largest absolute Gasteiger partial charge is 0.450 e. The molecule has 8 nitrogen and oxygen atoms in total. The first kappa shape index (κ1) is 22.8. The molecule has 2 fully saturated rings. The Kier molecular flexibility index (Phi) is 9.45. The van der Waals surface area contributed by atoms with Crippen LogP contribution in [0, 0.1) is 5.92 Å². The fourth-order valence-electron chi connectivity index (χ4n) is 2.73. The standard InChI is InChI=1S/C17H31N5O3.HI/c1-5-25-17(24)22-8-6-13(7-9-22)19-16(20-14-10-12(14)2)18-11-15(23)21(3)4;/h12-14H,5-11H2,1-4H3,(H2,18,19,20);1H. The van der Waals surface area contributed by atoms with Gasteiger partial charge in [-0.1, -0.05) is 6.92 Å². The van der Waals surface area contributed by atoms with Crippen LogP contribution in [0.3, 0.4) is 0 Å². The molecule has 0 aromatic heterocycles. The van der Waals surface area contributed by atoms with Gasteiger partial charge in [-0.3, -0.25) is 4.79 Å². The zero-order valence-corrected chi connectivity index (χ0v) is 18.5. The average molecular weight is 481 g/mol. The van der Waals surface area contributed by atoms with E-state index in [1.165, 1.54) is 0 Å². The van der Waals surface area contributed by atoms with Crippen molar-refractivity contribution in [3.8, 4) is 0 Å². The lowest BCUT2D eigenvalue weighted by atomic mass is 10.1. The van der Waals surface area contributed by atoms with Gasteiger partial charge in [0.2, 0.25) is 5.91 Å². The summed E-state index contributed by atoms with van der Waals surface area (Å²) in [4.78, 5) is 31.3. The minimum Gasteiger partial charge on any atom is -0.450 e. The summed E-state index contributed by atoms with van der Waals surface area (Å²) in [5, 5.41) is 6.82. The molecule has 9 heteroatoms. The van der Waals surface area contributed by atoms with Crippen molar-refractivity contribution in [3.05, 3.63) is 0 Å². The van der Waals surface area contributed by atoms with Gasteiger partial charge in [-0.05, 0) is 32.1 Å². The van der Waals surface area contributed by atoms with E-state index in [1.807, 2.05) is 6.92 Å². The molecule has 1 aliphatic carbocycles. The summed E-state index contributed by atoms with van der Waals surface area (Å²) in [6.07, 6.45) is 2.56. The molecule has 1 saturated heterocycles. The number of nitrogens with one attached hydrogen (secondary N) is 2. The SMILES string of the molecule is CCOC(=O)N1CCC(NC(=NCC(=O)N(C)C)NC2CC2C)CC1.I. The molecule has 1 saturated carbocycles. The number of aliphatic imine (C=N–C) groups is 1. The summed E-state index contributed by atoms with van der Waals surface area (Å²) in [6.45, 7) is 5.87. The van der Waals surface area contributed by atoms with Gasteiger partial charge in [-0.2, -0.15) is 0 Å². The molecule has 2 N–H and O–H groups in total. The zero-order valence-electron chi connectivity index (χ0n) is 16.2. The number of piperidine rings is 1. The zero-order chi connectivity index (χ0) is 18.4. The second-order valence-electron chi connectivity index (χ2n) is 7.02. The van der Waals surface area contributed by atoms with Gasteiger partial charge in [0.15, 0.2) is 5.96 Å². The second-order valence-corrected chi connectivity index (χ2v) is 7.02. The highest BCUT2D eigenvalue weighted by Crippen LogP contribution is 2.28. The van der Waals surface area contributed by atoms with Gasteiger partial charge < -0.3 is 25.2 Å². The van der Waals surface area contributed by atoms with Crippen molar-refractivity contribution in [1.29, 1.82) is 0 Å². The molecule has 150 valence electrons. The van der Waals surface area contributed by atoms with Crippen LogP contribution >= 0.6 is 24.0 Å². The predicted molar refractivity (Wildman–Crippen MR) is 112 cm³/mol. The highest BCUT2D eigenvalue weighted by molar-refractivity contribution is 14.0. The lowest BCUT2D eigenvalue weighted by Gasteiger charge is -2.32. The number of carbonyl (C=O) groups excluding carboxylic acids is 2. The van der Waals surface area contributed by atoms with Crippen molar-refractivity contribution in [1.82, 2.24) is 20.4 Å². The quantitative estimate of drug-likeness (QED) is 0.351. The number of likely N-dealkylation sites (N-methyl/N-ethyl adjacent to an activating group) is 1. The van der Waals surface area contributed by atoms with Crippen LogP contribution in [0.1, 0.15) is 33.1 Å². The van der Waals surface area contributed by atoms with Crippen LogP contribution < -0.4 is 10.6 Å². The van der Waals surface area contributed by atoms with E-state index in [0.29, 0.717) is 37.6 Å². The van der Waals surface area contributed by atoms with Crippen molar-refractivity contribution >= 4 is 41.9 Å². The number of carbonyl (C=O) groups is 2. The van der Waals surface area contributed by atoms with Crippen molar-refractivity contribution in [3.63, 3.8) is 0 Å². The monoisotopic (exact) mass is 481 g/mol. The average Bonchev–Trinajstić information content (AvgIpc) is 3.27. The van der Waals surface area contributed by atoms with Crippen molar-refractivity contribution in [2.75, 3.05) is 40.3 Å². The number of halogens is 1. The van der Waals surface area contributed by atoms with Crippen LogP contribution in [-0.4, -0.2) is 80.2 Å². The fourth-order valence-corrected chi connectivity index (χ4v) is 2.73. The normalized spacial score (nSPS) is 22.9. The second kappa shape index (κ2) is 10.8. The van der Waals surface area contributed by atoms with Crippen LogP contribution in [0.15, 0.2) is 4.99 Å². The van der Waals surface area contributed by atoms with Gasteiger partial charge in [0.05, 0.1) is 6.61 Å². The van der Waals surface area contributed by atoms with E-state index in [4.69, 9.17) is 4.74 Å². The lowest BCUT2D eigenvalue weighted by molar-refractivity contribution is -0.127. The molecule has 2 atom stereocenters. The predicted octanol–water partition coefficient (Wildman–Crippen LogP) is 1.26. The number of guanidine groups is 1. The Morgan fingerprint density at radius 2 is 1.85 bits per heavy atom. The fraction of sp³-hybridized carbons (Fsp3) is 0.824. The van der Waals surface area contributed by atoms with E-state index in [0.717, 1.165) is 19.3 Å². The Labute approximate surface area is 173 Å². The lowest BCUT2D eigenvalue weighted by Crippen LogP contribution is -2.50. The van der Waals surface area contributed by atoms with Crippen LogP contribution in [0.2, 0.25) is 0 Å². The van der Waals surface area contributed by atoms with E-state index in [-0.39, 0.29) is 48.6 Å². The number of likely N-dealkylation sites (tertiary alicyclic amines) is 1. The minimum atomic E-state index is -0.239. The van der Waals surface area contributed by atoms with E-state index in [2.05, 4.69) is 22.5 Å². The summed E-state index contributed by atoms with van der Waals surface area (Å²) < 4.78 is 5.05. The summed E-state index contributed by atoms with van der Waals surface area (Å²) in [7, 11) is 3.46. The Hall–Kier alpha value is -1.26. The molecule has 0 bridgehead atoms. The van der Waals surface area contributed by atoms with E-state index < -0.39 is 0 Å². The molecular formula is C17H32IN5O3. The van der Waals surface area contributed by atoms with Crippen LogP contribution in [0.4, 0.5) is 4.79 Å². The first-order valence-corrected chi connectivity index (χ1v) is 9.10. The molecule has 1 aliphatic heterocycles. The van der Waals surface area contributed by atoms with Gasteiger partial charge in [-0.15, -0.1) is 24.0 Å². The third-order valence-corrected chi connectivity index (χ3v) is 4.66. The molecule has 26 heavy (non-hydrogen) atoms. The van der Waals surface area contributed by atoms with Crippen molar-refractivity contribution in [2.24, 2.45) is 10.9 Å². The molecule has 0 aromatic carbocycles. The van der Waals surface area contributed by atoms with Crippen LogP contribution in [-0.2, 0) is 9.53 Å². The molecule has 2 aliphatic rings. The minimum absolute atomic E-state index is 0. The Bertz CT molecular complexity index is 507. The van der Waals surface area contributed by atoms with Gasteiger partial charge in [0.25, 0.3) is 0 Å². The molecule has 0 spiro atoms. The molecular weight excluding hydrogens is 449 g/mol. The summed E-state index contributed by atoms with van der Waals surface area (Å²) in [6, 6.07) is 0.667. The molecule has 2 amide bonds. The first-order chi connectivity index (χ1) is 11.9. The third-order valence-electron chi connectivity index (χ3n) is 4.66. The van der Waals surface area contributed by atoms with E-state index >= 15 is 0 Å². The molecule has 0 radical (unpaired) electrons. The topological polar surface area (TPSA) is 86.3 Å². The maximum Gasteiger partial charge on any atom is 0.409 e. The van der Waals surface area contributed by atoms with Gasteiger partial charge in [-0.25, -0.2) is 9.79 Å². The summed E-state index contributed by atoms with van der Waals surface area (Å²) in [5.74, 6) is 1.31. The highest BCUT2D eigenvalue weighted by Gasteiger charge is 2.34. The molecule has 0 aromatic rings. The van der Waals surface area contributed by atoms with Crippen molar-refractivity contribution < 1.29 is 14.3 Å². The maximum absolute atomic E-state index is 11.8. The van der Waals surface area contributed by atoms with Crippen LogP contribution in [0.25, 0.3) is 0 Å². The van der Waals surface area contributed by atoms with E-state index in [1.54, 1.807) is 23.9 Å². The molecule has 1 heterocycles. The molecule has 2 unspecified atom stereocenters. The van der Waals surface area contributed by atoms with Gasteiger partial charge in [0.1, 0.15) is 6.54 Å². The number of amides is 2. The summed E-state index contributed by atoms with van der Waals surface area (Å²) >= 11 is 0. The number of nitrogens with zero attached hydrogens (tertiary/aromatic N) is 3. The number of rotatable bonds is 5. The van der Waals surface area contributed by atoms with Gasteiger partial charge in [0, 0.05) is 39.3 Å². The number of hydrogen-bond acceptors (Lipinski definition) is 4. The number of ether oxygens (including phenoxy) is 1.